The number of hydrogen-bond donors (Lipinski definition) is 1. The molecule has 0 radical (unpaired) electrons. The van der Waals surface area contributed by atoms with Crippen LogP contribution in [0.25, 0.3) is 0 Å². The van der Waals surface area contributed by atoms with Crippen molar-refractivity contribution in [2.75, 3.05) is 12.8 Å². The standard InChI is InChI=1S/C15H24N2O2S/c1-12(13-7-6-8-14(16)11-13)17(2)20(18,19)15-9-4-3-5-10-15/h6-8,11-12,15H,3-5,9-10,16H2,1-2H3. The second kappa shape index (κ2) is 6.14. The predicted molar refractivity (Wildman–Crippen MR) is 82.8 cm³/mol. The average molecular weight is 296 g/mol. The van der Waals surface area contributed by atoms with E-state index in [1.807, 2.05) is 31.2 Å². The molecule has 1 aromatic carbocycles. The van der Waals surface area contributed by atoms with Gasteiger partial charge in [-0.3, -0.25) is 0 Å². The zero-order chi connectivity index (χ0) is 14.8. The van der Waals surface area contributed by atoms with Crippen molar-refractivity contribution in [3.63, 3.8) is 0 Å². The minimum absolute atomic E-state index is 0.189. The first-order chi connectivity index (χ1) is 9.43. The number of sulfonamides is 1. The lowest BCUT2D eigenvalue weighted by Gasteiger charge is -2.31. The van der Waals surface area contributed by atoms with E-state index in [0.29, 0.717) is 5.69 Å². The maximum atomic E-state index is 12.7. The number of nitrogens with two attached hydrogens (primary N) is 1. The molecule has 0 bridgehead atoms. The Hall–Kier alpha value is -1.07. The molecule has 1 atom stereocenters. The third-order valence-corrected chi connectivity index (χ3v) is 6.75. The van der Waals surface area contributed by atoms with Crippen LogP contribution < -0.4 is 5.73 Å². The highest BCUT2D eigenvalue weighted by molar-refractivity contribution is 7.89. The normalized spacial score (nSPS) is 19.1. The maximum absolute atomic E-state index is 12.7. The average Bonchev–Trinajstić information content (AvgIpc) is 2.46. The third kappa shape index (κ3) is 3.15. The van der Waals surface area contributed by atoms with Gasteiger partial charge in [0.1, 0.15) is 0 Å². The summed E-state index contributed by atoms with van der Waals surface area (Å²) in [7, 11) is -1.55. The zero-order valence-corrected chi connectivity index (χ0v) is 13.1. The van der Waals surface area contributed by atoms with E-state index in [0.717, 1.165) is 37.7 Å². The van der Waals surface area contributed by atoms with Crippen molar-refractivity contribution in [2.24, 2.45) is 0 Å². The van der Waals surface area contributed by atoms with Gasteiger partial charge in [-0.2, -0.15) is 4.31 Å². The second-order valence-corrected chi connectivity index (χ2v) is 7.94. The molecular formula is C15H24N2O2S. The van der Waals surface area contributed by atoms with Gasteiger partial charge in [0.05, 0.1) is 5.25 Å². The molecule has 1 unspecified atom stereocenters. The van der Waals surface area contributed by atoms with Gasteiger partial charge in [-0.25, -0.2) is 8.42 Å². The van der Waals surface area contributed by atoms with Crippen LogP contribution >= 0.6 is 0 Å². The van der Waals surface area contributed by atoms with Crippen molar-refractivity contribution >= 4 is 15.7 Å². The molecule has 2 N–H and O–H groups in total. The molecule has 1 saturated carbocycles. The number of anilines is 1. The Balaban J connectivity index is 2.18. The Bertz CT molecular complexity index is 551. The molecule has 112 valence electrons. The van der Waals surface area contributed by atoms with Gasteiger partial charge in [-0.15, -0.1) is 0 Å². The topological polar surface area (TPSA) is 63.4 Å². The van der Waals surface area contributed by atoms with Gasteiger partial charge < -0.3 is 5.73 Å². The molecule has 0 aliphatic heterocycles. The number of benzene rings is 1. The zero-order valence-electron chi connectivity index (χ0n) is 12.2. The summed E-state index contributed by atoms with van der Waals surface area (Å²) in [6.07, 6.45) is 4.77. The van der Waals surface area contributed by atoms with Crippen molar-refractivity contribution in [3.05, 3.63) is 29.8 Å². The van der Waals surface area contributed by atoms with Crippen molar-refractivity contribution in [3.8, 4) is 0 Å². The van der Waals surface area contributed by atoms with Crippen LogP contribution in [0.5, 0.6) is 0 Å². The minimum Gasteiger partial charge on any atom is -0.399 e. The molecule has 0 heterocycles. The van der Waals surface area contributed by atoms with Crippen molar-refractivity contribution in [1.82, 2.24) is 4.31 Å². The Morgan fingerprint density at radius 1 is 1.25 bits per heavy atom. The fraction of sp³-hybridized carbons (Fsp3) is 0.600. The summed E-state index contributed by atoms with van der Waals surface area (Å²) in [6.45, 7) is 1.91. The van der Waals surface area contributed by atoms with E-state index in [1.165, 1.54) is 4.31 Å². The van der Waals surface area contributed by atoms with Crippen LogP contribution in [0.3, 0.4) is 0 Å². The Morgan fingerprint density at radius 3 is 2.50 bits per heavy atom. The maximum Gasteiger partial charge on any atom is 0.217 e. The molecule has 4 nitrogen and oxygen atoms in total. The Kier molecular flexibility index (Phi) is 4.70. The molecule has 1 fully saturated rings. The molecule has 1 aliphatic carbocycles. The molecule has 1 aromatic rings. The Labute approximate surface area is 122 Å². The summed E-state index contributed by atoms with van der Waals surface area (Å²) in [5.41, 5.74) is 7.38. The highest BCUT2D eigenvalue weighted by Gasteiger charge is 2.33. The van der Waals surface area contributed by atoms with E-state index in [-0.39, 0.29) is 11.3 Å². The summed E-state index contributed by atoms with van der Waals surface area (Å²) in [4.78, 5) is 0. The first-order valence-corrected chi connectivity index (χ1v) is 8.75. The Morgan fingerprint density at radius 2 is 1.90 bits per heavy atom. The van der Waals surface area contributed by atoms with Gasteiger partial charge in [0, 0.05) is 18.8 Å². The molecule has 2 rings (SSSR count). The first-order valence-electron chi connectivity index (χ1n) is 7.25. The molecule has 0 aromatic heterocycles. The van der Waals surface area contributed by atoms with Crippen LogP contribution in [-0.4, -0.2) is 25.0 Å². The van der Waals surface area contributed by atoms with E-state index >= 15 is 0 Å². The molecular weight excluding hydrogens is 272 g/mol. The molecule has 5 heteroatoms. The van der Waals surface area contributed by atoms with E-state index in [4.69, 9.17) is 5.73 Å². The van der Waals surface area contributed by atoms with E-state index in [1.54, 1.807) is 7.05 Å². The minimum atomic E-state index is -3.23. The van der Waals surface area contributed by atoms with Crippen LogP contribution in [0.4, 0.5) is 5.69 Å². The summed E-state index contributed by atoms with van der Waals surface area (Å²) < 4.78 is 26.9. The van der Waals surface area contributed by atoms with E-state index in [9.17, 15) is 8.42 Å². The second-order valence-electron chi connectivity index (χ2n) is 5.67. The molecule has 0 amide bonds. The van der Waals surface area contributed by atoms with Gasteiger partial charge in [-0.05, 0) is 37.5 Å². The summed E-state index contributed by atoms with van der Waals surface area (Å²) >= 11 is 0. The molecule has 0 saturated heterocycles. The summed E-state index contributed by atoms with van der Waals surface area (Å²) in [6, 6.07) is 7.25. The number of rotatable bonds is 4. The monoisotopic (exact) mass is 296 g/mol. The highest BCUT2D eigenvalue weighted by atomic mass is 32.2. The van der Waals surface area contributed by atoms with Crippen LogP contribution in [0.1, 0.15) is 50.6 Å². The summed E-state index contributed by atoms with van der Waals surface area (Å²) in [5.74, 6) is 0. The van der Waals surface area contributed by atoms with Gasteiger partial charge in [0.25, 0.3) is 0 Å². The van der Waals surface area contributed by atoms with Gasteiger partial charge in [0.15, 0.2) is 0 Å². The quantitative estimate of drug-likeness (QED) is 0.869. The van der Waals surface area contributed by atoms with Gasteiger partial charge in [0.2, 0.25) is 10.0 Å². The molecule has 1 aliphatic rings. The predicted octanol–water partition coefficient (Wildman–Crippen LogP) is 2.92. The lowest BCUT2D eigenvalue weighted by molar-refractivity contribution is 0.376. The highest BCUT2D eigenvalue weighted by Crippen LogP contribution is 2.30. The summed E-state index contributed by atoms with van der Waals surface area (Å²) in [5, 5.41) is -0.218. The van der Waals surface area contributed by atoms with Crippen molar-refractivity contribution in [1.29, 1.82) is 0 Å². The van der Waals surface area contributed by atoms with Crippen LogP contribution in [0.15, 0.2) is 24.3 Å². The SMILES string of the molecule is CC(c1cccc(N)c1)N(C)S(=O)(=O)C1CCCCC1. The van der Waals surface area contributed by atoms with E-state index in [2.05, 4.69) is 0 Å². The first kappa shape index (κ1) is 15.3. The van der Waals surface area contributed by atoms with Gasteiger partial charge in [-0.1, -0.05) is 31.4 Å². The van der Waals surface area contributed by atoms with Crippen LogP contribution in [0, 0.1) is 0 Å². The fourth-order valence-electron chi connectivity index (χ4n) is 2.85. The third-order valence-electron chi connectivity index (χ3n) is 4.31. The molecule has 0 spiro atoms. The van der Waals surface area contributed by atoms with Crippen LogP contribution in [0.2, 0.25) is 0 Å². The lowest BCUT2D eigenvalue weighted by Crippen LogP contribution is -2.38. The fourth-order valence-corrected chi connectivity index (χ4v) is 4.81. The van der Waals surface area contributed by atoms with Crippen molar-refractivity contribution in [2.45, 2.75) is 50.3 Å². The smallest absolute Gasteiger partial charge is 0.217 e. The van der Waals surface area contributed by atoms with Crippen molar-refractivity contribution < 1.29 is 8.42 Å². The lowest BCUT2D eigenvalue weighted by atomic mass is 10.0. The largest absolute Gasteiger partial charge is 0.399 e. The van der Waals surface area contributed by atoms with E-state index < -0.39 is 10.0 Å². The number of hydrogen-bond acceptors (Lipinski definition) is 3. The number of nitrogen functional groups attached to an aromatic ring is 1. The van der Waals surface area contributed by atoms with Gasteiger partial charge >= 0.3 is 0 Å². The molecule has 20 heavy (non-hydrogen) atoms. The number of nitrogens with zero attached hydrogens (tertiary/aromatic N) is 1. The van der Waals surface area contributed by atoms with Crippen LogP contribution in [-0.2, 0) is 10.0 Å².